The van der Waals surface area contributed by atoms with Crippen LogP contribution in [0.4, 0.5) is 4.79 Å². The molecule has 0 aromatic heterocycles. The average Bonchev–Trinajstić information content (AvgIpc) is 3.11. The SMILES string of the molecule is CC(C)(C)OC(=O)N1C[C@@H](Oc2ccc(Br)cc2)C[C@@H]1C(=O)OCc1ccccc1. The second-order valence-electron chi connectivity index (χ2n) is 8.17. The molecule has 0 spiro atoms. The highest BCUT2D eigenvalue weighted by atomic mass is 79.9. The fourth-order valence-electron chi connectivity index (χ4n) is 3.16. The Morgan fingerprint density at radius 2 is 1.73 bits per heavy atom. The molecule has 0 N–H and O–H groups in total. The highest BCUT2D eigenvalue weighted by molar-refractivity contribution is 9.10. The third-order valence-corrected chi connectivity index (χ3v) is 5.03. The maximum atomic E-state index is 12.8. The van der Waals surface area contributed by atoms with Crippen LogP contribution in [-0.2, 0) is 20.9 Å². The van der Waals surface area contributed by atoms with Gasteiger partial charge in [0.15, 0.2) is 0 Å². The lowest BCUT2D eigenvalue weighted by Gasteiger charge is -2.27. The third-order valence-electron chi connectivity index (χ3n) is 4.50. The number of hydrogen-bond donors (Lipinski definition) is 0. The number of carbonyl (C=O) groups is 2. The Bertz CT molecular complexity index is 863. The van der Waals surface area contributed by atoms with Crippen LogP contribution in [0.1, 0.15) is 32.8 Å². The van der Waals surface area contributed by atoms with E-state index in [4.69, 9.17) is 14.2 Å². The van der Waals surface area contributed by atoms with Gasteiger partial charge in [-0.2, -0.15) is 0 Å². The summed E-state index contributed by atoms with van der Waals surface area (Å²) in [6, 6.07) is 16.1. The first kappa shape index (κ1) is 22.2. The number of esters is 1. The van der Waals surface area contributed by atoms with Gasteiger partial charge in [-0.1, -0.05) is 46.3 Å². The minimum absolute atomic E-state index is 0.149. The zero-order valence-corrected chi connectivity index (χ0v) is 18.9. The van der Waals surface area contributed by atoms with Gasteiger partial charge < -0.3 is 14.2 Å². The number of likely N-dealkylation sites (tertiary alicyclic amines) is 1. The van der Waals surface area contributed by atoms with Crippen molar-refractivity contribution >= 4 is 28.0 Å². The van der Waals surface area contributed by atoms with Crippen LogP contribution in [0.15, 0.2) is 59.1 Å². The minimum atomic E-state index is -0.760. The Morgan fingerprint density at radius 1 is 1.07 bits per heavy atom. The summed E-state index contributed by atoms with van der Waals surface area (Å²) in [6.07, 6.45) is -0.554. The first-order valence-corrected chi connectivity index (χ1v) is 10.6. The summed E-state index contributed by atoms with van der Waals surface area (Å²) in [5, 5.41) is 0. The summed E-state index contributed by atoms with van der Waals surface area (Å²) in [6.45, 7) is 5.77. The first-order chi connectivity index (χ1) is 14.2. The Balaban J connectivity index is 1.70. The second kappa shape index (κ2) is 9.51. The van der Waals surface area contributed by atoms with E-state index < -0.39 is 23.7 Å². The van der Waals surface area contributed by atoms with Gasteiger partial charge in [-0.15, -0.1) is 0 Å². The molecular formula is C23H26BrNO5. The monoisotopic (exact) mass is 475 g/mol. The molecule has 1 amide bonds. The quantitative estimate of drug-likeness (QED) is 0.572. The average molecular weight is 476 g/mol. The van der Waals surface area contributed by atoms with Crippen molar-refractivity contribution in [1.29, 1.82) is 0 Å². The number of ether oxygens (including phenoxy) is 3. The van der Waals surface area contributed by atoms with Crippen molar-refractivity contribution in [2.75, 3.05) is 6.54 Å². The molecule has 2 aromatic carbocycles. The van der Waals surface area contributed by atoms with Crippen LogP contribution in [0.3, 0.4) is 0 Å². The van der Waals surface area contributed by atoms with E-state index in [-0.39, 0.29) is 19.3 Å². The fraction of sp³-hybridized carbons (Fsp3) is 0.391. The predicted molar refractivity (Wildman–Crippen MR) is 116 cm³/mol. The Labute approximate surface area is 185 Å². The molecule has 0 radical (unpaired) electrons. The van der Waals surface area contributed by atoms with Crippen molar-refractivity contribution in [2.45, 2.75) is 51.5 Å². The number of hydrogen-bond acceptors (Lipinski definition) is 5. The summed E-state index contributed by atoms with van der Waals surface area (Å²) in [5.41, 5.74) is 0.218. The number of amides is 1. The summed E-state index contributed by atoms with van der Waals surface area (Å²) < 4.78 is 17.9. The van der Waals surface area contributed by atoms with E-state index in [0.717, 1.165) is 10.0 Å². The van der Waals surface area contributed by atoms with Gasteiger partial charge in [0.1, 0.15) is 30.1 Å². The number of nitrogens with zero attached hydrogens (tertiary/aromatic N) is 1. The molecule has 1 heterocycles. The van der Waals surface area contributed by atoms with Crippen molar-refractivity contribution in [3.63, 3.8) is 0 Å². The summed E-state index contributed by atoms with van der Waals surface area (Å²) in [7, 11) is 0. The Kier molecular flexibility index (Phi) is 7.02. The summed E-state index contributed by atoms with van der Waals surface area (Å²) in [4.78, 5) is 26.9. The maximum Gasteiger partial charge on any atom is 0.411 e. The molecule has 1 saturated heterocycles. The standard InChI is InChI=1S/C23H26BrNO5/c1-23(2,3)30-22(27)25-14-19(29-18-11-9-17(24)10-12-18)13-20(25)21(26)28-15-16-7-5-4-6-8-16/h4-12,19-20H,13-15H2,1-3H3/t19-,20+/m0/s1. The molecule has 7 heteroatoms. The van der Waals surface area contributed by atoms with Gasteiger partial charge in [0, 0.05) is 10.9 Å². The maximum absolute atomic E-state index is 12.8. The highest BCUT2D eigenvalue weighted by Gasteiger charge is 2.43. The zero-order valence-electron chi connectivity index (χ0n) is 17.3. The van der Waals surface area contributed by atoms with Crippen molar-refractivity contribution in [3.8, 4) is 5.75 Å². The number of rotatable bonds is 5. The molecule has 1 aliphatic rings. The Hall–Kier alpha value is -2.54. The second-order valence-corrected chi connectivity index (χ2v) is 9.09. The lowest BCUT2D eigenvalue weighted by molar-refractivity contribution is -0.150. The molecule has 30 heavy (non-hydrogen) atoms. The van der Waals surface area contributed by atoms with Crippen LogP contribution in [0, 0.1) is 0 Å². The predicted octanol–water partition coefficient (Wildman–Crippen LogP) is 4.95. The van der Waals surface area contributed by atoms with Gasteiger partial charge in [0.25, 0.3) is 0 Å². The lowest BCUT2D eigenvalue weighted by Crippen LogP contribution is -2.44. The van der Waals surface area contributed by atoms with Crippen molar-refractivity contribution in [3.05, 3.63) is 64.6 Å². The lowest BCUT2D eigenvalue weighted by atomic mass is 10.2. The van der Waals surface area contributed by atoms with E-state index >= 15 is 0 Å². The van der Waals surface area contributed by atoms with Crippen molar-refractivity contribution in [1.82, 2.24) is 4.90 Å². The van der Waals surface area contributed by atoms with Crippen LogP contribution >= 0.6 is 15.9 Å². The normalized spacial score (nSPS) is 18.7. The zero-order chi connectivity index (χ0) is 21.7. The van der Waals surface area contributed by atoms with Gasteiger partial charge >= 0.3 is 12.1 Å². The smallest absolute Gasteiger partial charge is 0.411 e. The number of benzene rings is 2. The van der Waals surface area contributed by atoms with Crippen LogP contribution in [-0.4, -0.2) is 41.3 Å². The number of carbonyl (C=O) groups excluding carboxylic acids is 2. The van der Waals surface area contributed by atoms with Crippen molar-refractivity contribution in [2.24, 2.45) is 0 Å². The highest BCUT2D eigenvalue weighted by Crippen LogP contribution is 2.27. The molecule has 0 bridgehead atoms. The molecular weight excluding hydrogens is 450 g/mol. The van der Waals surface area contributed by atoms with Crippen molar-refractivity contribution < 1.29 is 23.8 Å². The molecule has 0 unspecified atom stereocenters. The van der Waals surface area contributed by atoms with E-state index in [1.54, 1.807) is 20.8 Å². The van der Waals surface area contributed by atoms with Gasteiger partial charge in [0.2, 0.25) is 0 Å². The van der Waals surface area contributed by atoms with Crippen LogP contribution in [0.25, 0.3) is 0 Å². The van der Waals surface area contributed by atoms with E-state index in [1.807, 2.05) is 54.6 Å². The van der Waals surface area contributed by atoms with E-state index in [1.165, 1.54) is 4.90 Å². The Morgan fingerprint density at radius 3 is 2.37 bits per heavy atom. The molecule has 160 valence electrons. The molecule has 1 aliphatic heterocycles. The summed E-state index contributed by atoms with van der Waals surface area (Å²) in [5.74, 6) is 0.206. The van der Waals surface area contributed by atoms with E-state index in [0.29, 0.717) is 12.2 Å². The van der Waals surface area contributed by atoms with Crippen LogP contribution in [0.5, 0.6) is 5.75 Å². The molecule has 2 aromatic rings. The molecule has 1 fully saturated rings. The molecule has 3 rings (SSSR count). The summed E-state index contributed by atoms with van der Waals surface area (Å²) >= 11 is 3.39. The van der Waals surface area contributed by atoms with E-state index in [2.05, 4.69) is 15.9 Å². The van der Waals surface area contributed by atoms with Gasteiger partial charge in [0.05, 0.1) is 6.54 Å². The topological polar surface area (TPSA) is 65.1 Å². The van der Waals surface area contributed by atoms with Gasteiger partial charge in [-0.25, -0.2) is 9.59 Å². The number of halogens is 1. The van der Waals surface area contributed by atoms with E-state index in [9.17, 15) is 9.59 Å². The largest absolute Gasteiger partial charge is 0.488 e. The molecule has 0 saturated carbocycles. The molecule has 6 nitrogen and oxygen atoms in total. The minimum Gasteiger partial charge on any atom is -0.488 e. The van der Waals surface area contributed by atoms with Gasteiger partial charge in [-0.3, -0.25) is 4.90 Å². The molecule has 0 aliphatic carbocycles. The van der Waals surface area contributed by atoms with Crippen LogP contribution < -0.4 is 4.74 Å². The van der Waals surface area contributed by atoms with Crippen LogP contribution in [0.2, 0.25) is 0 Å². The molecule has 2 atom stereocenters. The van der Waals surface area contributed by atoms with Gasteiger partial charge in [-0.05, 0) is 50.6 Å². The first-order valence-electron chi connectivity index (χ1n) is 9.84. The fourth-order valence-corrected chi connectivity index (χ4v) is 3.42. The third kappa shape index (κ3) is 6.23.